The highest BCUT2D eigenvalue weighted by Crippen LogP contribution is 2.48. The summed E-state index contributed by atoms with van der Waals surface area (Å²) in [7, 11) is 0. The van der Waals surface area contributed by atoms with E-state index in [2.05, 4.69) is 17.5 Å². The van der Waals surface area contributed by atoms with Crippen molar-refractivity contribution in [2.45, 2.75) is 37.5 Å². The van der Waals surface area contributed by atoms with Gasteiger partial charge in [0, 0.05) is 16.6 Å². The average molecular weight is 308 g/mol. The van der Waals surface area contributed by atoms with Gasteiger partial charge >= 0.3 is 0 Å². The Balaban J connectivity index is 1.85. The van der Waals surface area contributed by atoms with E-state index >= 15 is 0 Å². The Morgan fingerprint density at radius 2 is 2.00 bits per heavy atom. The fourth-order valence-electron chi connectivity index (χ4n) is 3.84. The van der Waals surface area contributed by atoms with Crippen LogP contribution in [0.2, 0.25) is 0 Å². The van der Waals surface area contributed by atoms with Gasteiger partial charge in [0.05, 0.1) is 11.0 Å². The van der Waals surface area contributed by atoms with Gasteiger partial charge in [-0.05, 0) is 41.5 Å². The van der Waals surface area contributed by atoms with E-state index in [0.717, 1.165) is 48.1 Å². The summed E-state index contributed by atoms with van der Waals surface area (Å²) in [5.74, 6) is 0.158. The second-order valence-electron chi connectivity index (χ2n) is 6.17. The summed E-state index contributed by atoms with van der Waals surface area (Å²) in [4.78, 5) is 12.6. The quantitative estimate of drug-likeness (QED) is 0.846. The van der Waals surface area contributed by atoms with Crippen molar-refractivity contribution in [3.63, 3.8) is 0 Å². The molecule has 0 saturated heterocycles. The third kappa shape index (κ3) is 1.82. The summed E-state index contributed by atoms with van der Waals surface area (Å²) in [6.07, 6.45) is 5.30. The van der Waals surface area contributed by atoms with Crippen LogP contribution in [0, 0.1) is 11.3 Å². The summed E-state index contributed by atoms with van der Waals surface area (Å²) < 4.78 is 0. The minimum Gasteiger partial charge on any atom is -0.325 e. The standard InChI is InChI=1S/C18H16N2OS/c19-9-13-10-22-11-14(13)12-4-5-16-15(8-12)18(17(21)20-16)6-2-1-3-7-18/h4-5,8,10-11H,1-3,6-7H2,(H,20,21). The maximum atomic E-state index is 12.6. The molecular formula is C18H16N2OS. The van der Waals surface area contributed by atoms with Crippen LogP contribution >= 0.6 is 11.3 Å². The van der Waals surface area contributed by atoms with Crippen molar-refractivity contribution in [2.24, 2.45) is 0 Å². The number of hydrogen-bond acceptors (Lipinski definition) is 3. The summed E-state index contributed by atoms with van der Waals surface area (Å²) >= 11 is 1.54. The van der Waals surface area contributed by atoms with Gasteiger partial charge < -0.3 is 5.32 Å². The molecule has 4 rings (SSSR count). The van der Waals surface area contributed by atoms with Crippen molar-refractivity contribution in [2.75, 3.05) is 5.32 Å². The molecule has 0 radical (unpaired) electrons. The molecule has 1 spiro atoms. The second-order valence-corrected chi connectivity index (χ2v) is 6.91. The van der Waals surface area contributed by atoms with Crippen LogP contribution < -0.4 is 5.32 Å². The van der Waals surface area contributed by atoms with Gasteiger partial charge in [-0.3, -0.25) is 4.79 Å². The van der Waals surface area contributed by atoms with Crippen LogP contribution in [-0.2, 0) is 10.2 Å². The molecule has 2 aliphatic rings. The Bertz CT molecular complexity index is 794. The Labute approximate surface area is 133 Å². The molecular weight excluding hydrogens is 292 g/mol. The number of nitrogens with zero attached hydrogens (tertiary/aromatic N) is 1. The Morgan fingerprint density at radius 1 is 1.18 bits per heavy atom. The van der Waals surface area contributed by atoms with Crippen molar-refractivity contribution >= 4 is 22.9 Å². The molecule has 2 heterocycles. The zero-order valence-electron chi connectivity index (χ0n) is 12.2. The van der Waals surface area contributed by atoms with Gasteiger partial charge in [0.1, 0.15) is 6.07 Å². The van der Waals surface area contributed by atoms with Crippen molar-refractivity contribution in [1.29, 1.82) is 5.26 Å². The summed E-state index contributed by atoms with van der Waals surface area (Å²) in [5, 5.41) is 16.2. The van der Waals surface area contributed by atoms with E-state index in [-0.39, 0.29) is 11.3 Å². The molecule has 0 atom stereocenters. The lowest BCUT2D eigenvalue weighted by Gasteiger charge is -2.31. The molecule has 1 aromatic carbocycles. The minimum atomic E-state index is -0.341. The first kappa shape index (κ1) is 13.5. The number of anilines is 1. The number of amides is 1. The first-order chi connectivity index (χ1) is 10.7. The lowest BCUT2D eigenvalue weighted by atomic mass is 9.70. The molecule has 1 aliphatic carbocycles. The topological polar surface area (TPSA) is 52.9 Å². The molecule has 0 unspecified atom stereocenters. The van der Waals surface area contributed by atoms with Crippen molar-refractivity contribution in [3.8, 4) is 17.2 Å². The molecule has 1 N–H and O–H groups in total. The van der Waals surface area contributed by atoms with E-state index in [0.29, 0.717) is 5.56 Å². The van der Waals surface area contributed by atoms with Gasteiger partial charge in [-0.25, -0.2) is 0 Å². The molecule has 4 heteroatoms. The molecule has 0 bridgehead atoms. The lowest BCUT2D eigenvalue weighted by molar-refractivity contribution is -0.121. The van der Waals surface area contributed by atoms with Crippen LogP contribution in [0.5, 0.6) is 0 Å². The zero-order chi connectivity index (χ0) is 15.2. The first-order valence-corrected chi connectivity index (χ1v) is 8.61. The second kappa shape index (κ2) is 4.96. The van der Waals surface area contributed by atoms with E-state index in [9.17, 15) is 10.1 Å². The number of nitrogens with one attached hydrogen (secondary N) is 1. The van der Waals surface area contributed by atoms with E-state index in [1.807, 2.05) is 22.9 Å². The predicted molar refractivity (Wildman–Crippen MR) is 87.9 cm³/mol. The summed E-state index contributed by atoms with van der Waals surface area (Å²) in [6.45, 7) is 0. The van der Waals surface area contributed by atoms with Gasteiger partial charge in [0.25, 0.3) is 0 Å². The number of benzene rings is 1. The molecule has 1 aromatic heterocycles. The smallest absolute Gasteiger partial charge is 0.235 e. The number of fused-ring (bicyclic) bond motifs is 2. The van der Waals surface area contributed by atoms with Gasteiger partial charge in [-0.15, -0.1) is 0 Å². The third-order valence-electron chi connectivity index (χ3n) is 5.02. The lowest BCUT2D eigenvalue weighted by Crippen LogP contribution is -2.36. The number of carbonyl (C=O) groups excluding carboxylic acids is 1. The fourth-order valence-corrected chi connectivity index (χ4v) is 4.62. The minimum absolute atomic E-state index is 0.158. The maximum Gasteiger partial charge on any atom is 0.235 e. The maximum absolute atomic E-state index is 12.6. The van der Waals surface area contributed by atoms with Gasteiger partial charge in [0.2, 0.25) is 5.91 Å². The van der Waals surface area contributed by atoms with E-state index in [1.54, 1.807) is 11.3 Å². The fraction of sp³-hybridized carbons (Fsp3) is 0.333. The number of rotatable bonds is 1. The van der Waals surface area contributed by atoms with E-state index in [4.69, 9.17) is 0 Å². The predicted octanol–water partition coefficient (Wildman–Crippen LogP) is 4.44. The van der Waals surface area contributed by atoms with Gasteiger partial charge in [0.15, 0.2) is 0 Å². The molecule has 1 amide bonds. The van der Waals surface area contributed by atoms with Crippen LogP contribution in [0.3, 0.4) is 0 Å². The number of thiophene rings is 1. The summed E-state index contributed by atoms with van der Waals surface area (Å²) in [5.41, 5.74) is 4.46. The monoisotopic (exact) mass is 308 g/mol. The molecule has 1 saturated carbocycles. The first-order valence-electron chi connectivity index (χ1n) is 7.67. The van der Waals surface area contributed by atoms with Crippen molar-refractivity contribution < 1.29 is 4.79 Å². The molecule has 1 aliphatic heterocycles. The average Bonchev–Trinajstić information content (AvgIpc) is 3.12. The highest BCUT2D eigenvalue weighted by Gasteiger charge is 2.47. The van der Waals surface area contributed by atoms with Crippen molar-refractivity contribution in [3.05, 3.63) is 40.1 Å². The van der Waals surface area contributed by atoms with Crippen LogP contribution in [0.15, 0.2) is 29.0 Å². The highest BCUT2D eigenvalue weighted by molar-refractivity contribution is 7.08. The molecule has 2 aromatic rings. The van der Waals surface area contributed by atoms with Crippen molar-refractivity contribution in [1.82, 2.24) is 0 Å². The summed E-state index contributed by atoms with van der Waals surface area (Å²) in [6, 6.07) is 8.37. The normalized spacial score (nSPS) is 18.8. The number of carbonyl (C=O) groups is 1. The van der Waals surface area contributed by atoms with E-state index < -0.39 is 0 Å². The Morgan fingerprint density at radius 3 is 2.77 bits per heavy atom. The van der Waals surface area contributed by atoms with Crippen LogP contribution in [0.25, 0.3) is 11.1 Å². The molecule has 110 valence electrons. The largest absolute Gasteiger partial charge is 0.325 e. The molecule has 3 nitrogen and oxygen atoms in total. The third-order valence-corrected chi connectivity index (χ3v) is 5.76. The Kier molecular flexibility index (Phi) is 3.05. The zero-order valence-corrected chi connectivity index (χ0v) is 13.0. The molecule has 22 heavy (non-hydrogen) atoms. The van der Waals surface area contributed by atoms with Crippen LogP contribution in [0.1, 0.15) is 43.2 Å². The Hall–Kier alpha value is -2.12. The van der Waals surface area contributed by atoms with Crippen LogP contribution in [0.4, 0.5) is 5.69 Å². The van der Waals surface area contributed by atoms with E-state index in [1.165, 1.54) is 6.42 Å². The van der Waals surface area contributed by atoms with Crippen LogP contribution in [-0.4, -0.2) is 5.91 Å². The van der Waals surface area contributed by atoms with Gasteiger partial charge in [-0.2, -0.15) is 16.6 Å². The van der Waals surface area contributed by atoms with Gasteiger partial charge in [-0.1, -0.05) is 25.3 Å². The molecule has 1 fully saturated rings. The SMILES string of the molecule is N#Cc1cscc1-c1ccc2c(c1)C1(CCCCC1)C(=O)N2. The number of hydrogen-bond donors (Lipinski definition) is 1. The number of nitriles is 1. The highest BCUT2D eigenvalue weighted by atomic mass is 32.1.